The number of hydrogen-bond acceptors (Lipinski definition) is 3. The van der Waals surface area contributed by atoms with Crippen LogP contribution in [0.3, 0.4) is 0 Å². The molecule has 0 spiro atoms. The van der Waals surface area contributed by atoms with Gasteiger partial charge < -0.3 is 15.1 Å². The Balaban J connectivity index is 1.54. The molecule has 0 unspecified atom stereocenters. The number of para-hydroxylation sites is 4. The fraction of sp³-hybridized carbons (Fsp3) is 0.368. The molecule has 0 aliphatic carbocycles. The Hall–Kier alpha value is -2.00. The normalized spacial score (nSPS) is 17.0. The minimum atomic E-state index is 1.08. The number of likely N-dealkylation sites (tertiary alicyclic amines) is 1. The lowest BCUT2D eigenvalue weighted by Crippen LogP contribution is -2.28. The molecule has 2 heterocycles. The van der Waals surface area contributed by atoms with Crippen LogP contribution in [0.25, 0.3) is 0 Å². The maximum atomic E-state index is 3.55. The molecule has 0 aromatic heterocycles. The minimum Gasteiger partial charge on any atom is -0.352 e. The highest BCUT2D eigenvalue weighted by Gasteiger charge is 2.21. The zero-order valence-corrected chi connectivity index (χ0v) is 13.0. The predicted octanol–water partition coefficient (Wildman–Crippen LogP) is 4.37. The molecule has 2 aliphatic rings. The molecule has 0 radical (unpaired) electrons. The topological polar surface area (TPSA) is 18.5 Å². The number of anilines is 4. The van der Waals surface area contributed by atoms with E-state index < -0.39 is 0 Å². The summed E-state index contributed by atoms with van der Waals surface area (Å²) < 4.78 is 0. The van der Waals surface area contributed by atoms with E-state index in [4.69, 9.17) is 0 Å². The first-order chi connectivity index (χ1) is 10.9. The summed E-state index contributed by atoms with van der Waals surface area (Å²) in [5, 5.41) is 3.55. The Bertz CT molecular complexity index is 601. The van der Waals surface area contributed by atoms with Crippen LogP contribution in [-0.4, -0.2) is 31.1 Å². The predicted molar refractivity (Wildman–Crippen MR) is 93.5 cm³/mol. The van der Waals surface area contributed by atoms with Gasteiger partial charge in [0.25, 0.3) is 0 Å². The third-order valence-electron chi connectivity index (χ3n) is 4.71. The average molecular weight is 293 g/mol. The third-order valence-corrected chi connectivity index (χ3v) is 4.71. The van der Waals surface area contributed by atoms with E-state index >= 15 is 0 Å². The molecule has 1 fully saturated rings. The van der Waals surface area contributed by atoms with Crippen LogP contribution in [0.15, 0.2) is 48.5 Å². The van der Waals surface area contributed by atoms with Crippen LogP contribution in [0, 0.1) is 0 Å². The van der Waals surface area contributed by atoms with Gasteiger partial charge in [-0.1, -0.05) is 24.3 Å². The maximum absolute atomic E-state index is 3.55. The minimum absolute atomic E-state index is 1.08. The van der Waals surface area contributed by atoms with E-state index in [0.717, 1.165) is 6.54 Å². The monoisotopic (exact) mass is 293 g/mol. The van der Waals surface area contributed by atoms with Gasteiger partial charge in [0.05, 0.1) is 22.7 Å². The molecule has 1 saturated heterocycles. The molecule has 3 nitrogen and oxygen atoms in total. The third kappa shape index (κ3) is 2.57. The van der Waals surface area contributed by atoms with Crippen LogP contribution < -0.4 is 10.2 Å². The summed E-state index contributed by atoms with van der Waals surface area (Å²) in [5.74, 6) is 0. The lowest BCUT2D eigenvalue weighted by molar-refractivity contribution is 0.336. The van der Waals surface area contributed by atoms with Gasteiger partial charge in [0.1, 0.15) is 0 Å². The summed E-state index contributed by atoms with van der Waals surface area (Å²) in [7, 11) is 0. The number of fused-ring (bicyclic) bond motifs is 2. The van der Waals surface area contributed by atoms with E-state index in [-0.39, 0.29) is 0 Å². The van der Waals surface area contributed by atoms with Gasteiger partial charge in [0, 0.05) is 6.54 Å². The van der Waals surface area contributed by atoms with Crippen molar-refractivity contribution in [1.82, 2.24) is 4.90 Å². The van der Waals surface area contributed by atoms with E-state index in [1.54, 1.807) is 0 Å². The van der Waals surface area contributed by atoms with Gasteiger partial charge in [0.2, 0.25) is 0 Å². The molecule has 0 amide bonds. The molecular formula is C19H23N3. The molecule has 1 N–H and O–H groups in total. The van der Waals surface area contributed by atoms with Gasteiger partial charge in [0.15, 0.2) is 0 Å². The highest BCUT2D eigenvalue weighted by molar-refractivity contribution is 5.91. The molecule has 114 valence electrons. The van der Waals surface area contributed by atoms with Crippen LogP contribution in [-0.2, 0) is 0 Å². The molecule has 4 rings (SSSR count). The Morgan fingerprint density at radius 1 is 0.773 bits per heavy atom. The molecular weight excluding hydrogens is 270 g/mol. The maximum Gasteiger partial charge on any atom is 0.0650 e. The number of rotatable bonds is 4. The second kappa shape index (κ2) is 6.01. The van der Waals surface area contributed by atoms with Gasteiger partial charge in [-0.25, -0.2) is 0 Å². The Morgan fingerprint density at radius 2 is 1.36 bits per heavy atom. The quantitative estimate of drug-likeness (QED) is 0.903. The highest BCUT2D eigenvalue weighted by Crippen LogP contribution is 2.43. The number of hydrogen-bond donors (Lipinski definition) is 1. The molecule has 2 aliphatic heterocycles. The summed E-state index contributed by atoms with van der Waals surface area (Å²) in [5.41, 5.74) is 5.01. The van der Waals surface area contributed by atoms with Gasteiger partial charge in [-0.05, 0) is 63.2 Å². The van der Waals surface area contributed by atoms with E-state index in [0.29, 0.717) is 0 Å². The van der Waals surface area contributed by atoms with Crippen LogP contribution in [0.1, 0.15) is 19.3 Å². The first kappa shape index (κ1) is 13.6. The summed E-state index contributed by atoms with van der Waals surface area (Å²) in [6, 6.07) is 17.2. The molecule has 0 saturated carbocycles. The highest BCUT2D eigenvalue weighted by atomic mass is 15.2. The van der Waals surface area contributed by atoms with Crippen molar-refractivity contribution in [2.24, 2.45) is 0 Å². The second-order valence-electron chi connectivity index (χ2n) is 6.21. The largest absolute Gasteiger partial charge is 0.352 e. The van der Waals surface area contributed by atoms with Crippen molar-refractivity contribution in [2.45, 2.75) is 19.3 Å². The first-order valence-electron chi connectivity index (χ1n) is 8.37. The number of nitrogens with zero attached hydrogens (tertiary/aromatic N) is 2. The first-order valence-corrected chi connectivity index (χ1v) is 8.37. The van der Waals surface area contributed by atoms with Gasteiger partial charge in [-0.15, -0.1) is 0 Å². The molecule has 2 aromatic carbocycles. The van der Waals surface area contributed by atoms with Crippen molar-refractivity contribution < 1.29 is 0 Å². The van der Waals surface area contributed by atoms with Crippen LogP contribution >= 0.6 is 0 Å². The van der Waals surface area contributed by atoms with E-state index in [9.17, 15) is 0 Å². The molecule has 22 heavy (non-hydrogen) atoms. The molecule has 0 bridgehead atoms. The Labute approximate surface area is 132 Å². The van der Waals surface area contributed by atoms with E-state index in [1.807, 2.05) is 0 Å². The van der Waals surface area contributed by atoms with Crippen LogP contribution in [0.5, 0.6) is 0 Å². The zero-order valence-electron chi connectivity index (χ0n) is 13.0. The van der Waals surface area contributed by atoms with Crippen LogP contribution in [0.4, 0.5) is 22.7 Å². The SMILES string of the molecule is c1ccc2c(c1)Nc1ccccc1N2CCCN1CCCC1. The zero-order chi connectivity index (χ0) is 14.8. The fourth-order valence-electron chi connectivity index (χ4n) is 3.60. The van der Waals surface area contributed by atoms with E-state index in [1.165, 1.54) is 61.6 Å². The van der Waals surface area contributed by atoms with Crippen molar-refractivity contribution in [2.75, 3.05) is 36.4 Å². The van der Waals surface area contributed by atoms with Crippen molar-refractivity contribution in [3.8, 4) is 0 Å². The van der Waals surface area contributed by atoms with Crippen molar-refractivity contribution in [1.29, 1.82) is 0 Å². The summed E-state index contributed by atoms with van der Waals surface area (Å²) in [6.07, 6.45) is 3.96. The van der Waals surface area contributed by atoms with Crippen LogP contribution in [0.2, 0.25) is 0 Å². The van der Waals surface area contributed by atoms with Gasteiger partial charge in [-0.3, -0.25) is 0 Å². The van der Waals surface area contributed by atoms with Crippen molar-refractivity contribution in [3.63, 3.8) is 0 Å². The lowest BCUT2D eigenvalue weighted by Gasteiger charge is -2.34. The standard InChI is InChI=1S/C19H23N3/c1-3-10-18-16(8-1)20-17-9-2-4-11-19(17)22(18)15-7-14-21-12-5-6-13-21/h1-4,8-11,20H,5-7,12-15H2. The Kier molecular flexibility index (Phi) is 3.73. The fourth-order valence-corrected chi connectivity index (χ4v) is 3.60. The summed E-state index contributed by atoms with van der Waals surface area (Å²) >= 11 is 0. The van der Waals surface area contributed by atoms with E-state index in [2.05, 4.69) is 63.6 Å². The summed E-state index contributed by atoms with van der Waals surface area (Å²) in [4.78, 5) is 5.07. The second-order valence-corrected chi connectivity index (χ2v) is 6.21. The molecule has 0 atom stereocenters. The number of nitrogens with one attached hydrogen (secondary N) is 1. The summed E-state index contributed by atoms with van der Waals surface area (Å²) in [6.45, 7) is 4.87. The van der Waals surface area contributed by atoms with Gasteiger partial charge >= 0.3 is 0 Å². The van der Waals surface area contributed by atoms with Crippen molar-refractivity contribution in [3.05, 3.63) is 48.5 Å². The lowest BCUT2D eigenvalue weighted by atomic mass is 10.1. The molecule has 3 heteroatoms. The van der Waals surface area contributed by atoms with Crippen molar-refractivity contribution >= 4 is 22.7 Å². The average Bonchev–Trinajstić information content (AvgIpc) is 3.07. The number of benzene rings is 2. The molecule has 2 aromatic rings. The Morgan fingerprint density at radius 3 is 2.00 bits per heavy atom. The smallest absolute Gasteiger partial charge is 0.0650 e. The van der Waals surface area contributed by atoms with Gasteiger partial charge in [-0.2, -0.15) is 0 Å².